The van der Waals surface area contributed by atoms with E-state index < -0.39 is 0 Å². The van der Waals surface area contributed by atoms with Crippen LogP contribution in [0.25, 0.3) is 11.0 Å². The highest BCUT2D eigenvalue weighted by Crippen LogP contribution is 2.25. The summed E-state index contributed by atoms with van der Waals surface area (Å²) in [7, 11) is 0. The fourth-order valence-electron chi connectivity index (χ4n) is 3.99. The maximum Gasteiger partial charge on any atom is 0.240 e. The number of benzene rings is 1. The molecule has 7 heteroatoms. The number of nitrogens with zero attached hydrogens (tertiary/aromatic N) is 3. The summed E-state index contributed by atoms with van der Waals surface area (Å²) >= 11 is 1.43. The van der Waals surface area contributed by atoms with Gasteiger partial charge in [0.25, 0.3) is 0 Å². The van der Waals surface area contributed by atoms with Crippen molar-refractivity contribution in [2.24, 2.45) is 0 Å². The van der Waals surface area contributed by atoms with E-state index >= 15 is 0 Å². The van der Waals surface area contributed by atoms with Crippen molar-refractivity contribution in [1.29, 1.82) is 0 Å². The van der Waals surface area contributed by atoms with E-state index in [0.29, 0.717) is 11.8 Å². The first-order valence-corrected chi connectivity index (χ1v) is 10.8. The zero-order chi connectivity index (χ0) is 18.6. The molecule has 0 bridgehead atoms. The number of carbonyl (C=O) groups is 2. The Hall–Kier alpha value is -2.02. The molecule has 27 heavy (non-hydrogen) atoms. The minimum Gasteiger partial charge on any atom is -0.352 e. The highest BCUT2D eigenvalue weighted by atomic mass is 32.2. The molecule has 6 nitrogen and oxygen atoms in total. The fourth-order valence-corrected chi connectivity index (χ4v) is 4.90. The Kier molecular flexibility index (Phi) is 5.66. The van der Waals surface area contributed by atoms with E-state index in [1.165, 1.54) is 24.6 Å². The number of hydrogen-bond donors (Lipinski definition) is 1. The van der Waals surface area contributed by atoms with Gasteiger partial charge in [0.2, 0.25) is 11.8 Å². The minimum atomic E-state index is 0.0257. The highest BCUT2D eigenvalue weighted by molar-refractivity contribution is 7.99. The lowest BCUT2D eigenvalue weighted by Crippen LogP contribution is -2.35. The van der Waals surface area contributed by atoms with Gasteiger partial charge in [0.05, 0.1) is 16.8 Å². The molecule has 0 unspecified atom stereocenters. The number of nitrogens with one attached hydrogen (secondary N) is 1. The van der Waals surface area contributed by atoms with Gasteiger partial charge in [-0.3, -0.25) is 9.59 Å². The lowest BCUT2D eigenvalue weighted by atomic mass is 10.2. The Morgan fingerprint density at radius 1 is 1.11 bits per heavy atom. The van der Waals surface area contributed by atoms with Crippen molar-refractivity contribution < 1.29 is 9.59 Å². The van der Waals surface area contributed by atoms with Crippen molar-refractivity contribution >= 4 is 34.6 Å². The Bertz CT molecular complexity index is 822. The molecule has 1 saturated heterocycles. The molecule has 0 atom stereocenters. The normalized spacial score (nSPS) is 17.7. The quantitative estimate of drug-likeness (QED) is 0.775. The van der Waals surface area contributed by atoms with Crippen LogP contribution in [0.3, 0.4) is 0 Å². The van der Waals surface area contributed by atoms with Crippen molar-refractivity contribution in [2.75, 3.05) is 18.8 Å². The third-order valence-electron chi connectivity index (χ3n) is 5.43. The number of amides is 2. The summed E-state index contributed by atoms with van der Waals surface area (Å²) in [6.07, 6.45) is 6.72. The van der Waals surface area contributed by atoms with Gasteiger partial charge in [-0.15, -0.1) is 0 Å². The van der Waals surface area contributed by atoms with Gasteiger partial charge in [-0.1, -0.05) is 36.7 Å². The van der Waals surface area contributed by atoms with Gasteiger partial charge in [0.15, 0.2) is 5.16 Å². The van der Waals surface area contributed by atoms with Crippen molar-refractivity contribution in [3.8, 4) is 0 Å². The van der Waals surface area contributed by atoms with Gasteiger partial charge >= 0.3 is 0 Å². The number of thioether (sulfide) groups is 1. The highest BCUT2D eigenvalue weighted by Gasteiger charge is 2.22. The molecule has 1 N–H and O–H groups in total. The van der Waals surface area contributed by atoms with Crippen LogP contribution in [0, 0.1) is 0 Å². The van der Waals surface area contributed by atoms with Crippen LogP contribution in [-0.2, 0) is 16.1 Å². The second-order valence-corrected chi connectivity index (χ2v) is 8.34. The van der Waals surface area contributed by atoms with Crippen LogP contribution in [0.1, 0.15) is 38.5 Å². The molecule has 2 fully saturated rings. The molecule has 1 saturated carbocycles. The Labute approximate surface area is 163 Å². The third-order valence-corrected chi connectivity index (χ3v) is 6.39. The van der Waals surface area contributed by atoms with Gasteiger partial charge in [-0.05, 0) is 37.8 Å². The number of rotatable bonds is 6. The maximum atomic E-state index is 12.6. The van der Waals surface area contributed by atoms with E-state index in [4.69, 9.17) is 0 Å². The molecule has 1 aliphatic heterocycles. The molecular formula is C20H26N4O2S. The third kappa shape index (κ3) is 4.29. The number of fused-ring (bicyclic) bond motifs is 1. The summed E-state index contributed by atoms with van der Waals surface area (Å²) in [6.45, 7) is 1.97. The molecule has 1 aromatic heterocycles. The molecule has 2 aromatic rings. The summed E-state index contributed by atoms with van der Waals surface area (Å²) in [4.78, 5) is 31.5. The number of aromatic nitrogens is 2. The van der Waals surface area contributed by atoms with Crippen LogP contribution >= 0.6 is 11.8 Å². The van der Waals surface area contributed by atoms with Crippen LogP contribution in [0.5, 0.6) is 0 Å². The molecule has 4 rings (SSSR count). The first-order valence-electron chi connectivity index (χ1n) is 9.86. The van der Waals surface area contributed by atoms with Crippen molar-refractivity contribution in [1.82, 2.24) is 19.8 Å². The Morgan fingerprint density at radius 3 is 2.63 bits per heavy atom. The predicted octanol–water partition coefficient (Wildman–Crippen LogP) is 2.81. The molecule has 2 aliphatic rings. The second kappa shape index (κ2) is 8.33. The first kappa shape index (κ1) is 18.3. The molecule has 1 aliphatic carbocycles. The number of carbonyl (C=O) groups excluding carboxylic acids is 2. The SMILES string of the molecule is O=C(Cn1c(SCC(=O)N2CCCC2)nc2ccccc21)NC1CCCC1. The lowest BCUT2D eigenvalue weighted by molar-refractivity contribution is -0.127. The van der Waals surface area contributed by atoms with E-state index in [0.717, 1.165) is 55.0 Å². The van der Waals surface area contributed by atoms with Gasteiger partial charge in [0, 0.05) is 19.1 Å². The number of likely N-dealkylation sites (tertiary alicyclic amines) is 1. The molecule has 0 spiro atoms. The molecule has 1 aromatic carbocycles. The van der Waals surface area contributed by atoms with Gasteiger partial charge in [0.1, 0.15) is 6.54 Å². The van der Waals surface area contributed by atoms with Crippen LogP contribution in [0.2, 0.25) is 0 Å². The monoisotopic (exact) mass is 386 g/mol. The van der Waals surface area contributed by atoms with Crippen LogP contribution < -0.4 is 5.32 Å². The summed E-state index contributed by atoms with van der Waals surface area (Å²) in [5.41, 5.74) is 1.80. The standard InChI is InChI=1S/C20H26N4O2S/c25-18(21-15-7-1-2-8-15)13-24-17-10-4-3-9-16(17)22-20(24)27-14-19(26)23-11-5-6-12-23/h3-4,9-10,15H,1-2,5-8,11-14H2,(H,21,25). The minimum absolute atomic E-state index is 0.0257. The Morgan fingerprint density at radius 2 is 1.85 bits per heavy atom. The van der Waals surface area contributed by atoms with Gasteiger partial charge < -0.3 is 14.8 Å². The summed E-state index contributed by atoms with van der Waals surface area (Å²) in [6, 6.07) is 8.14. The summed E-state index contributed by atoms with van der Waals surface area (Å²) in [5, 5.41) is 3.89. The van der Waals surface area contributed by atoms with Gasteiger partial charge in [-0.2, -0.15) is 0 Å². The van der Waals surface area contributed by atoms with E-state index in [1.54, 1.807) is 0 Å². The fraction of sp³-hybridized carbons (Fsp3) is 0.550. The topological polar surface area (TPSA) is 67.2 Å². The first-order chi connectivity index (χ1) is 13.2. The van der Waals surface area contributed by atoms with Crippen LogP contribution in [-0.4, -0.2) is 51.1 Å². The second-order valence-electron chi connectivity index (χ2n) is 7.39. The van der Waals surface area contributed by atoms with Crippen molar-refractivity contribution in [3.63, 3.8) is 0 Å². The van der Waals surface area contributed by atoms with E-state index in [-0.39, 0.29) is 18.4 Å². The zero-order valence-electron chi connectivity index (χ0n) is 15.5. The van der Waals surface area contributed by atoms with Crippen molar-refractivity contribution in [2.45, 2.75) is 56.3 Å². The predicted molar refractivity (Wildman–Crippen MR) is 107 cm³/mol. The molecule has 2 heterocycles. The van der Waals surface area contributed by atoms with E-state index in [1.807, 2.05) is 33.7 Å². The lowest BCUT2D eigenvalue weighted by Gasteiger charge is -2.16. The number of hydrogen-bond acceptors (Lipinski definition) is 4. The summed E-state index contributed by atoms with van der Waals surface area (Å²) in [5.74, 6) is 0.553. The van der Waals surface area contributed by atoms with Crippen LogP contribution in [0.15, 0.2) is 29.4 Å². The molecule has 144 valence electrons. The number of para-hydroxylation sites is 2. The summed E-state index contributed by atoms with van der Waals surface area (Å²) < 4.78 is 1.95. The van der Waals surface area contributed by atoms with Crippen molar-refractivity contribution in [3.05, 3.63) is 24.3 Å². The molecular weight excluding hydrogens is 360 g/mol. The number of imidazole rings is 1. The van der Waals surface area contributed by atoms with Gasteiger partial charge in [-0.25, -0.2) is 4.98 Å². The zero-order valence-corrected chi connectivity index (χ0v) is 16.3. The maximum absolute atomic E-state index is 12.6. The average Bonchev–Trinajstić information content (AvgIpc) is 3.42. The Balaban J connectivity index is 1.48. The van der Waals surface area contributed by atoms with Crippen LogP contribution in [0.4, 0.5) is 0 Å². The van der Waals surface area contributed by atoms with E-state index in [9.17, 15) is 9.59 Å². The largest absolute Gasteiger partial charge is 0.352 e. The van der Waals surface area contributed by atoms with E-state index in [2.05, 4.69) is 10.3 Å². The average molecular weight is 387 g/mol. The smallest absolute Gasteiger partial charge is 0.240 e. The molecule has 2 amide bonds. The molecule has 0 radical (unpaired) electrons.